The summed E-state index contributed by atoms with van der Waals surface area (Å²) in [6.45, 7) is 6.24. The van der Waals surface area contributed by atoms with Crippen molar-refractivity contribution in [2.75, 3.05) is 14.2 Å². The van der Waals surface area contributed by atoms with Gasteiger partial charge in [0.15, 0.2) is 6.10 Å². The maximum Gasteiger partial charge on any atom is 0.261 e. The molecule has 0 saturated carbocycles. The number of benzene rings is 2. The Kier molecular flexibility index (Phi) is 8.18. The minimum absolute atomic E-state index is 0.0769. The molecule has 28 heavy (non-hydrogen) atoms. The summed E-state index contributed by atoms with van der Waals surface area (Å²) >= 11 is 0. The molecule has 2 rings (SSSR count). The minimum atomic E-state index is -0.554. The molecular formula is C23H31NO4. The van der Waals surface area contributed by atoms with Crippen LogP contribution in [0.15, 0.2) is 48.5 Å². The van der Waals surface area contributed by atoms with Gasteiger partial charge in [0.25, 0.3) is 5.91 Å². The number of carbonyl (C=O) groups excluding carboxylic acids is 1. The van der Waals surface area contributed by atoms with Crippen LogP contribution in [0.2, 0.25) is 0 Å². The molecule has 2 unspecified atom stereocenters. The number of amides is 1. The molecule has 152 valence electrons. The lowest BCUT2D eigenvalue weighted by molar-refractivity contribution is -0.129. The van der Waals surface area contributed by atoms with Crippen molar-refractivity contribution < 1.29 is 19.0 Å². The second-order valence-electron chi connectivity index (χ2n) is 7.15. The van der Waals surface area contributed by atoms with Crippen molar-refractivity contribution in [1.82, 2.24) is 5.32 Å². The Balaban J connectivity index is 2.10. The fraction of sp³-hybridized carbons (Fsp3) is 0.435. The molecule has 0 aliphatic carbocycles. The van der Waals surface area contributed by atoms with Gasteiger partial charge in [-0.15, -0.1) is 0 Å². The molecule has 0 fully saturated rings. The van der Waals surface area contributed by atoms with Crippen LogP contribution in [0.4, 0.5) is 0 Å². The first kappa shape index (κ1) is 21.6. The summed E-state index contributed by atoms with van der Waals surface area (Å²) < 4.78 is 16.3. The number of hydrogen-bond donors (Lipinski definition) is 1. The zero-order chi connectivity index (χ0) is 20.5. The normalized spacial score (nSPS) is 12.9. The van der Waals surface area contributed by atoms with Gasteiger partial charge >= 0.3 is 0 Å². The number of hydrogen-bond acceptors (Lipinski definition) is 4. The highest BCUT2D eigenvalue weighted by molar-refractivity contribution is 5.81. The van der Waals surface area contributed by atoms with E-state index in [9.17, 15) is 4.79 Å². The Hall–Kier alpha value is -2.69. The predicted molar refractivity (Wildman–Crippen MR) is 111 cm³/mol. The summed E-state index contributed by atoms with van der Waals surface area (Å²) in [5, 5.41) is 3.17. The van der Waals surface area contributed by atoms with E-state index in [1.54, 1.807) is 14.2 Å². The molecule has 1 amide bonds. The lowest BCUT2D eigenvalue weighted by Gasteiger charge is -2.24. The molecule has 0 aromatic heterocycles. The van der Waals surface area contributed by atoms with Gasteiger partial charge in [-0.25, -0.2) is 0 Å². The third kappa shape index (κ3) is 6.19. The van der Waals surface area contributed by atoms with Crippen LogP contribution < -0.4 is 19.5 Å². The Bertz CT molecular complexity index is 725. The first-order valence-corrected chi connectivity index (χ1v) is 9.71. The Morgan fingerprint density at radius 2 is 1.39 bits per heavy atom. The predicted octanol–water partition coefficient (Wildman–Crippen LogP) is 4.76. The van der Waals surface area contributed by atoms with Crippen molar-refractivity contribution >= 4 is 5.91 Å². The monoisotopic (exact) mass is 385 g/mol. The molecule has 5 heteroatoms. The van der Waals surface area contributed by atoms with E-state index < -0.39 is 6.10 Å². The molecule has 0 aliphatic rings. The number of rotatable bonds is 10. The van der Waals surface area contributed by atoms with Gasteiger partial charge in [-0.3, -0.25) is 4.79 Å². The van der Waals surface area contributed by atoms with Crippen LogP contribution in [0.5, 0.6) is 17.2 Å². The number of methoxy groups -OCH3 is 2. The summed E-state index contributed by atoms with van der Waals surface area (Å²) in [7, 11) is 3.26. The quantitative estimate of drug-likeness (QED) is 0.640. The van der Waals surface area contributed by atoms with Gasteiger partial charge in [-0.2, -0.15) is 0 Å². The highest BCUT2D eigenvalue weighted by Gasteiger charge is 2.23. The van der Waals surface area contributed by atoms with E-state index in [0.29, 0.717) is 18.1 Å². The summed E-state index contributed by atoms with van der Waals surface area (Å²) in [5.41, 5.74) is 1.06. The van der Waals surface area contributed by atoms with E-state index in [2.05, 4.69) is 19.2 Å². The second-order valence-corrected chi connectivity index (χ2v) is 7.15. The number of ether oxygens (including phenoxy) is 3. The fourth-order valence-corrected chi connectivity index (χ4v) is 2.99. The lowest BCUT2D eigenvalue weighted by atomic mass is 9.96. The van der Waals surface area contributed by atoms with Crippen molar-refractivity contribution in [3.63, 3.8) is 0 Å². The van der Waals surface area contributed by atoms with Gasteiger partial charge < -0.3 is 19.5 Å². The van der Waals surface area contributed by atoms with E-state index in [1.165, 1.54) is 0 Å². The highest BCUT2D eigenvalue weighted by Crippen LogP contribution is 2.25. The van der Waals surface area contributed by atoms with Gasteiger partial charge in [0.1, 0.15) is 17.2 Å². The van der Waals surface area contributed by atoms with Crippen LogP contribution in [0, 0.1) is 5.92 Å². The average Bonchev–Trinajstić information content (AvgIpc) is 2.71. The van der Waals surface area contributed by atoms with Gasteiger partial charge in [0, 0.05) is 0 Å². The van der Waals surface area contributed by atoms with Crippen molar-refractivity contribution in [3.8, 4) is 17.2 Å². The standard InChI is InChI=1S/C23H31NO4/c1-6-22(28-20-13-11-19(27-5)12-14-20)23(25)24-21(15-16(2)3)17-7-9-18(26-4)10-8-17/h7-14,16,21-22H,6,15H2,1-5H3,(H,24,25). The zero-order valence-electron chi connectivity index (χ0n) is 17.4. The molecule has 5 nitrogen and oxygen atoms in total. The first-order chi connectivity index (χ1) is 13.5. The maximum absolute atomic E-state index is 12.9. The smallest absolute Gasteiger partial charge is 0.261 e. The average molecular weight is 386 g/mol. The zero-order valence-corrected chi connectivity index (χ0v) is 17.4. The Labute approximate surface area is 168 Å². The second kappa shape index (κ2) is 10.6. The largest absolute Gasteiger partial charge is 0.497 e. The molecular weight excluding hydrogens is 354 g/mol. The summed E-state index contributed by atoms with van der Waals surface area (Å²) in [5.74, 6) is 2.52. The van der Waals surface area contributed by atoms with Crippen LogP contribution in [-0.4, -0.2) is 26.2 Å². The number of carbonyl (C=O) groups is 1. The number of nitrogens with one attached hydrogen (secondary N) is 1. The topological polar surface area (TPSA) is 56.8 Å². The van der Waals surface area contributed by atoms with E-state index >= 15 is 0 Å². The third-order valence-electron chi connectivity index (χ3n) is 4.54. The fourth-order valence-electron chi connectivity index (χ4n) is 2.99. The third-order valence-corrected chi connectivity index (χ3v) is 4.54. The Morgan fingerprint density at radius 3 is 1.86 bits per heavy atom. The molecule has 2 aromatic carbocycles. The molecule has 0 spiro atoms. The SMILES string of the molecule is CCC(Oc1ccc(OC)cc1)C(=O)NC(CC(C)C)c1ccc(OC)cc1. The molecule has 0 bridgehead atoms. The van der Waals surface area contributed by atoms with Crippen LogP contribution in [-0.2, 0) is 4.79 Å². The summed E-state index contributed by atoms with van der Waals surface area (Å²) in [6.07, 6.45) is 0.868. The summed E-state index contributed by atoms with van der Waals surface area (Å²) in [6, 6.07) is 15.0. The van der Waals surface area contributed by atoms with E-state index in [4.69, 9.17) is 14.2 Å². The maximum atomic E-state index is 12.9. The molecule has 2 atom stereocenters. The van der Waals surface area contributed by atoms with Crippen LogP contribution in [0.3, 0.4) is 0 Å². The molecule has 1 N–H and O–H groups in total. The summed E-state index contributed by atoms with van der Waals surface area (Å²) in [4.78, 5) is 12.9. The van der Waals surface area contributed by atoms with Gasteiger partial charge in [-0.1, -0.05) is 32.9 Å². The van der Waals surface area contributed by atoms with E-state index in [0.717, 1.165) is 23.5 Å². The Morgan fingerprint density at radius 1 is 0.893 bits per heavy atom. The highest BCUT2D eigenvalue weighted by atomic mass is 16.5. The van der Waals surface area contributed by atoms with Crippen LogP contribution in [0.25, 0.3) is 0 Å². The van der Waals surface area contributed by atoms with Gasteiger partial charge in [-0.05, 0) is 60.7 Å². The van der Waals surface area contributed by atoms with Crippen molar-refractivity contribution in [3.05, 3.63) is 54.1 Å². The molecule has 0 saturated heterocycles. The lowest BCUT2D eigenvalue weighted by Crippen LogP contribution is -2.40. The van der Waals surface area contributed by atoms with Gasteiger partial charge in [0.05, 0.1) is 20.3 Å². The van der Waals surface area contributed by atoms with Gasteiger partial charge in [0.2, 0.25) is 0 Å². The van der Waals surface area contributed by atoms with Crippen molar-refractivity contribution in [2.24, 2.45) is 5.92 Å². The van der Waals surface area contributed by atoms with Crippen molar-refractivity contribution in [2.45, 2.75) is 45.8 Å². The molecule has 0 radical (unpaired) electrons. The van der Waals surface area contributed by atoms with Crippen LogP contribution >= 0.6 is 0 Å². The molecule has 2 aromatic rings. The van der Waals surface area contributed by atoms with E-state index in [1.807, 2.05) is 55.5 Å². The van der Waals surface area contributed by atoms with Crippen molar-refractivity contribution in [1.29, 1.82) is 0 Å². The molecule has 0 heterocycles. The first-order valence-electron chi connectivity index (χ1n) is 9.71. The molecule has 0 aliphatic heterocycles. The van der Waals surface area contributed by atoms with Crippen LogP contribution in [0.1, 0.15) is 45.2 Å². The van der Waals surface area contributed by atoms with E-state index in [-0.39, 0.29) is 11.9 Å². The minimum Gasteiger partial charge on any atom is -0.497 e.